The van der Waals surface area contributed by atoms with Gasteiger partial charge in [0.05, 0.1) is 0 Å². The van der Waals surface area contributed by atoms with Crippen LogP contribution in [0.1, 0.15) is 0 Å². The van der Waals surface area contributed by atoms with Crippen LogP contribution in [0.25, 0.3) is 44.5 Å². The first kappa shape index (κ1) is 42.8. The van der Waals surface area contributed by atoms with Gasteiger partial charge in [-0.1, -0.05) is 0 Å². The topological polar surface area (TPSA) is 76.8 Å². The number of hydrogen-bond donors (Lipinski definition) is 0. The normalized spacial score (nSPS) is 11.2. The quantitative estimate of drug-likeness (QED) is 0.0709. The Morgan fingerprint density at radius 3 is 0.571 bits per heavy atom. The van der Waals surface area contributed by atoms with Crippen LogP contribution in [0.15, 0.2) is 196 Å². The minimum absolute atomic E-state index is 0.656. The maximum Gasteiger partial charge on any atom is 0.171 e. The molecular weight excluding hydrogens is 785 g/mol. The predicted octanol–water partition coefficient (Wildman–Crippen LogP) is 5.02. The first-order valence-corrected chi connectivity index (χ1v) is 21.7. The van der Waals surface area contributed by atoms with Crippen LogP contribution in [0, 0.1) is 0 Å². The Balaban J connectivity index is 0.670. The molecule has 0 radical (unpaired) electrons. The Hall–Kier alpha value is -6.92. The van der Waals surface area contributed by atoms with Crippen LogP contribution >= 0.6 is 0 Å². The van der Waals surface area contributed by atoms with Crippen molar-refractivity contribution in [1.82, 2.24) is 9.97 Å². The van der Waals surface area contributed by atoms with Crippen LogP contribution in [-0.2, 0) is 53.5 Å². The summed E-state index contributed by atoms with van der Waals surface area (Å²) in [6.45, 7) is 8.82. The van der Waals surface area contributed by atoms with Gasteiger partial charge in [-0.25, -0.2) is 27.4 Å². The van der Waals surface area contributed by atoms with Crippen LogP contribution in [-0.4, -0.2) is 49.6 Å². The Morgan fingerprint density at radius 1 is 0.238 bits per heavy atom. The molecule has 0 aliphatic carbocycles. The molecule has 0 amide bonds. The monoisotopic (exact) mass is 840 g/mol. The van der Waals surface area contributed by atoms with Crippen molar-refractivity contribution in [1.29, 1.82) is 0 Å². The predicted molar refractivity (Wildman–Crippen MR) is 237 cm³/mol. The third kappa shape index (κ3) is 13.0. The Bertz CT molecular complexity index is 2360. The summed E-state index contributed by atoms with van der Waals surface area (Å²) in [4.78, 5) is 8.19. The van der Waals surface area contributed by atoms with E-state index in [0.29, 0.717) is 39.6 Å². The van der Waals surface area contributed by atoms with E-state index in [2.05, 4.69) is 185 Å². The third-order valence-electron chi connectivity index (χ3n) is 11.0. The summed E-state index contributed by atoms with van der Waals surface area (Å²) in [6, 6.07) is 33.9. The molecule has 0 aromatic carbocycles. The molecule has 11 nitrogen and oxygen atoms in total. The summed E-state index contributed by atoms with van der Waals surface area (Å²) < 4.78 is 30.8. The van der Waals surface area contributed by atoms with E-state index < -0.39 is 0 Å². The summed E-state index contributed by atoms with van der Waals surface area (Å²) in [5.74, 6) is 0. The Labute approximate surface area is 370 Å². The molecule has 0 N–H and O–H groups in total. The second-order valence-corrected chi connectivity index (χ2v) is 15.3. The highest BCUT2D eigenvalue weighted by molar-refractivity contribution is 5.63. The van der Waals surface area contributed by atoms with Gasteiger partial charge < -0.3 is 14.2 Å². The molecule has 0 aliphatic heterocycles. The van der Waals surface area contributed by atoms with E-state index in [9.17, 15) is 0 Å². The molecule has 8 rings (SSSR count). The van der Waals surface area contributed by atoms with Crippen molar-refractivity contribution in [2.75, 3.05) is 39.6 Å². The molecule has 11 heteroatoms. The van der Waals surface area contributed by atoms with E-state index in [1.54, 1.807) is 0 Å². The fourth-order valence-electron chi connectivity index (χ4n) is 7.21. The fraction of sp³-hybridized carbons (Fsp3) is 0.231. The number of pyridine rings is 8. The summed E-state index contributed by atoms with van der Waals surface area (Å²) >= 11 is 0. The van der Waals surface area contributed by atoms with E-state index >= 15 is 0 Å². The van der Waals surface area contributed by atoms with Crippen molar-refractivity contribution in [3.8, 4) is 44.5 Å². The van der Waals surface area contributed by atoms with E-state index in [0.717, 1.165) is 39.3 Å². The highest BCUT2D eigenvalue weighted by atomic mass is 16.5. The maximum atomic E-state index is 6.00. The fourth-order valence-corrected chi connectivity index (χ4v) is 7.21. The van der Waals surface area contributed by atoms with Gasteiger partial charge >= 0.3 is 0 Å². The van der Waals surface area contributed by atoms with Crippen molar-refractivity contribution in [3.63, 3.8) is 0 Å². The second-order valence-electron chi connectivity index (χ2n) is 15.3. The zero-order valence-corrected chi connectivity index (χ0v) is 35.8. The second kappa shape index (κ2) is 22.8. The molecular formula is C52H56N8O3+6. The van der Waals surface area contributed by atoms with E-state index in [-0.39, 0.29) is 0 Å². The molecule has 0 bridgehead atoms. The van der Waals surface area contributed by atoms with Crippen molar-refractivity contribution in [2.45, 2.75) is 39.3 Å². The highest BCUT2D eigenvalue weighted by Crippen LogP contribution is 2.18. The molecule has 8 aromatic heterocycles. The highest BCUT2D eigenvalue weighted by Gasteiger charge is 2.10. The van der Waals surface area contributed by atoms with Crippen LogP contribution in [0.4, 0.5) is 0 Å². The standard InChI is InChI=1S/C52H56N8O3/c1-17-53-18-2-45(1)47-5-21-55(22-6-47)33-39-61-41-35-57-25-9-49(10-26-57)51-13-29-59(30-14-51)37-43-63-44-38-60-31-15-52(16-32-60)50-11-27-58(28-12-50)36-42-62-40-34-56-23-7-48(8-24-56)46-3-19-54-20-4-46/h1-32H,33-44H2/q+6. The average molecular weight is 841 g/mol. The first-order valence-electron chi connectivity index (χ1n) is 21.7. The van der Waals surface area contributed by atoms with Gasteiger partial charge in [0.15, 0.2) is 114 Å². The van der Waals surface area contributed by atoms with Crippen molar-refractivity contribution in [2.24, 2.45) is 0 Å². The SMILES string of the molecule is c1cc(-c2cc[n+](CCOCC[n+]3ccc(-c4cc[n+](CCOCC[n+]5ccc(-c6cc[n+](CCOCC[n+]7ccc(-c8ccncc8)cc7)cc6)cc5)cc4)cc3)cc2)ccn1. The van der Waals surface area contributed by atoms with Crippen molar-refractivity contribution >= 4 is 0 Å². The van der Waals surface area contributed by atoms with E-state index in [4.69, 9.17) is 14.2 Å². The molecule has 316 valence electrons. The third-order valence-corrected chi connectivity index (χ3v) is 11.0. The summed E-state index contributed by atoms with van der Waals surface area (Å²) in [5.41, 5.74) is 9.46. The van der Waals surface area contributed by atoms with Gasteiger partial charge in [-0.05, 0) is 68.8 Å². The average Bonchev–Trinajstić information content (AvgIpc) is 3.35. The van der Waals surface area contributed by atoms with Gasteiger partial charge in [0.25, 0.3) is 0 Å². The summed E-state index contributed by atoms with van der Waals surface area (Å²) in [7, 11) is 0. The zero-order valence-electron chi connectivity index (χ0n) is 35.8. The summed E-state index contributed by atoms with van der Waals surface area (Å²) in [5, 5.41) is 0. The molecule has 0 aliphatic rings. The lowest BCUT2D eigenvalue weighted by Gasteiger charge is -2.04. The largest absolute Gasteiger partial charge is 0.368 e. The molecule has 0 saturated carbocycles. The minimum Gasteiger partial charge on any atom is -0.368 e. The zero-order chi connectivity index (χ0) is 42.7. The van der Waals surface area contributed by atoms with Crippen molar-refractivity contribution < 1.29 is 41.6 Å². The molecule has 0 fully saturated rings. The van der Waals surface area contributed by atoms with E-state index in [1.165, 1.54) is 44.5 Å². The Kier molecular flexibility index (Phi) is 15.5. The number of aromatic nitrogens is 8. The van der Waals surface area contributed by atoms with Gasteiger partial charge in [0, 0.05) is 97.6 Å². The lowest BCUT2D eigenvalue weighted by molar-refractivity contribution is -0.705. The molecule has 0 spiro atoms. The maximum absolute atomic E-state index is 6.00. The van der Waals surface area contributed by atoms with Crippen LogP contribution in [0.2, 0.25) is 0 Å². The van der Waals surface area contributed by atoms with Gasteiger partial charge in [-0.2, -0.15) is 0 Å². The summed E-state index contributed by atoms with van der Waals surface area (Å²) in [6.07, 6.45) is 32.6. The molecule has 0 unspecified atom stereocenters. The van der Waals surface area contributed by atoms with Gasteiger partial charge in [0.1, 0.15) is 39.6 Å². The van der Waals surface area contributed by atoms with Crippen LogP contribution in [0.3, 0.4) is 0 Å². The minimum atomic E-state index is 0.656. The van der Waals surface area contributed by atoms with Crippen LogP contribution in [0.5, 0.6) is 0 Å². The lowest BCUT2D eigenvalue weighted by atomic mass is 10.1. The molecule has 8 aromatic rings. The van der Waals surface area contributed by atoms with Gasteiger partial charge in [0.2, 0.25) is 0 Å². The Morgan fingerprint density at radius 2 is 0.397 bits per heavy atom. The van der Waals surface area contributed by atoms with E-state index in [1.807, 2.05) is 49.1 Å². The lowest BCUT2D eigenvalue weighted by Crippen LogP contribution is -2.38. The van der Waals surface area contributed by atoms with Gasteiger partial charge in [-0.15, -0.1) is 0 Å². The number of nitrogens with zero attached hydrogens (tertiary/aromatic N) is 8. The van der Waals surface area contributed by atoms with Crippen molar-refractivity contribution in [3.05, 3.63) is 196 Å². The number of ether oxygens (including phenoxy) is 3. The molecule has 8 heterocycles. The molecule has 63 heavy (non-hydrogen) atoms. The molecule has 0 saturated heterocycles. The van der Waals surface area contributed by atoms with Crippen LogP contribution < -0.4 is 27.4 Å². The molecule has 0 atom stereocenters. The number of hydrogen-bond acceptors (Lipinski definition) is 5. The smallest absolute Gasteiger partial charge is 0.171 e. The van der Waals surface area contributed by atoms with Gasteiger partial charge in [-0.3, -0.25) is 9.97 Å². The first-order chi connectivity index (χ1) is 31.2. The number of rotatable bonds is 22.